The van der Waals surface area contributed by atoms with Crippen molar-refractivity contribution in [3.8, 4) is 0 Å². The zero-order valence-electron chi connectivity index (χ0n) is 9.95. The van der Waals surface area contributed by atoms with Gasteiger partial charge in [-0.05, 0) is 37.3 Å². The van der Waals surface area contributed by atoms with Gasteiger partial charge in [0, 0.05) is 31.4 Å². The van der Waals surface area contributed by atoms with E-state index < -0.39 is 0 Å². The van der Waals surface area contributed by atoms with Gasteiger partial charge in [-0.25, -0.2) is 0 Å². The summed E-state index contributed by atoms with van der Waals surface area (Å²) in [5.41, 5.74) is 2.86. The maximum Gasteiger partial charge on any atom is 0.0411 e. The molecule has 0 heterocycles. The molecule has 0 saturated heterocycles. The third-order valence-electron chi connectivity index (χ3n) is 3.62. The van der Waals surface area contributed by atoms with Gasteiger partial charge in [-0.15, -0.1) is 0 Å². The fourth-order valence-corrected chi connectivity index (χ4v) is 2.20. The molecule has 1 N–H and O–H groups in total. The summed E-state index contributed by atoms with van der Waals surface area (Å²) in [6, 6.07) is 10.4. The van der Waals surface area contributed by atoms with Crippen LogP contribution in [0, 0.1) is 0 Å². The Balaban J connectivity index is 1.73. The smallest absolute Gasteiger partial charge is 0.0411 e. The molecule has 16 heavy (non-hydrogen) atoms. The van der Waals surface area contributed by atoms with Crippen LogP contribution in [0.1, 0.15) is 31.2 Å². The second-order valence-corrected chi connectivity index (χ2v) is 5.13. The zero-order valence-corrected chi connectivity index (χ0v) is 9.95. The monoisotopic (exact) mass is 216 g/mol. The molecule has 0 atom stereocenters. The number of anilines is 1. The fourth-order valence-electron chi connectivity index (χ4n) is 2.20. The van der Waals surface area contributed by atoms with Crippen LogP contribution < -0.4 is 10.2 Å². The molecule has 2 heteroatoms. The number of rotatable bonds is 5. The number of nitrogens with zero attached hydrogens (tertiary/aromatic N) is 1. The Morgan fingerprint density at radius 2 is 1.94 bits per heavy atom. The molecule has 3 rings (SSSR count). The van der Waals surface area contributed by atoms with Crippen molar-refractivity contribution in [1.82, 2.24) is 5.32 Å². The molecule has 2 nitrogen and oxygen atoms in total. The molecule has 1 aromatic rings. The van der Waals surface area contributed by atoms with E-state index in [0.29, 0.717) is 0 Å². The van der Waals surface area contributed by atoms with Gasteiger partial charge in [0.1, 0.15) is 0 Å². The van der Waals surface area contributed by atoms with E-state index in [2.05, 4.69) is 41.5 Å². The van der Waals surface area contributed by atoms with E-state index in [1.807, 2.05) is 0 Å². The molecule has 2 aliphatic carbocycles. The minimum Gasteiger partial charge on any atom is -0.371 e. The van der Waals surface area contributed by atoms with Crippen LogP contribution in [-0.4, -0.2) is 19.1 Å². The molecule has 0 radical (unpaired) electrons. The lowest BCUT2D eigenvalue weighted by Crippen LogP contribution is -2.23. The average molecular weight is 216 g/mol. The molecule has 2 saturated carbocycles. The summed E-state index contributed by atoms with van der Waals surface area (Å²) in [7, 11) is 2.23. The predicted molar refractivity (Wildman–Crippen MR) is 67.7 cm³/mol. The summed E-state index contributed by atoms with van der Waals surface area (Å²) >= 11 is 0. The van der Waals surface area contributed by atoms with Crippen LogP contribution in [0.15, 0.2) is 24.3 Å². The van der Waals surface area contributed by atoms with Crippen molar-refractivity contribution in [2.45, 2.75) is 44.3 Å². The molecular weight excluding hydrogens is 196 g/mol. The molecule has 2 aliphatic rings. The molecule has 0 amide bonds. The van der Waals surface area contributed by atoms with Gasteiger partial charge in [-0.2, -0.15) is 0 Å². The van der Waals surface area contributed by atoms with Crippen LogP contribution in [0.25, 0.3) is 0 Å². The standard InChI is InChI=1S/C14H20N2/c1-16(13-8-9-13)14-5-3-2-4-11(14)10-15-12-6-7-12/h2-5,12-13,15H,6-10H2,1H3. The molecule has 0 aliphatic heterocycles. The first-order valence-electron chi connectivity index (χ1n) is 6.39. The highest BCUT2D eigenvalue weighted by atomic mass is 15.2. The van der Waals surface area contributed by atoms with Gasteiger partial charge >= 0.3 is 0 Å². The second-order valence-electron chi connectivity index (χ2n) is 5.13. The highest BCUT2D eigenvalue weighted by Crippen LogP contribution is 2.32. The number of nitrogens with one attached hydrogen (secondary N) is 1. The topological polar surface area (TPSA) is 15.3 Å². The van der Waals surface area contributed by atoms with E-state index >= 15 is 0 Å². The summed E-state index contributed by atoms with van der Waals surface area (Å²) in [4.78, 5) is 2.45. The highest BCUT2D eigenvalue weighted by molar-refractivity contribution is 5.54. The highest BCUT2D eigenvalue weighted by Gasteiger charge is 2.27. The Hall–Kier alpha value is -1.02. The zero-order chi connectivity index (χ0) is 11.0. The molecule has 0 unspecified atom stereocenters. The quantitative estimate of drug-likeness (QED) is 0.813. The Bertz CT molecular complexity index is 367. The van der Waals surface area contributed by atoms with Crippen molar-refractivity contribution >= 4 is 5.69 Å². The van der Waals surface area contributed by atoms with Gasteiger partial charge in [-0.3, -0.25) is 0 Å². The predicted octanol–water partition coefficient (Wildman–Crippen LogP) is 2.54. The summed E-state index contributed by atoms with van der Waals surface area (Å²) < 4.78 is 0. The number of hydrogen-bond acceptors (Lipinski definition) is 2. The molecule has 0 bridgehead atoms. The van der Waals surface area contributed by atoms with Crippen LogP contribution in [-0.2, 0) is 6.54 Å². The summed E-state index contributed by atoms with van der Waals surface area (Å²) in [5, 5.41) is 3.60. The lowest BCUT2D eigenvalue weighted by molar-refractivity contribution is 0.685. The van der Waals surface area contributed by atoms with Crippen LogP contribution in [0.2, 0.25) is 0 Å². The third kappa shape index (κ3) is 2.22. The van der Waals surface area contributed by atoms with E-state index in [0.717, 1.165) is 18.6 Å². The van der Waals surface area contributed by atoms with Crippen LogP contribution >= 0.6 is 0 Å². The Kier molecular flexibility index (Phi) is 2.60. The van der Waals surface area contributed by atoms with Gasteiger partial charge in [0.05, 0.1) is 0 Å². The van der Waals surface area contributed by atoms with E-state index in [-0.39, 0.29) is 0 Å². The van der Waals surface area contributed by atoms with Crippen molar-refractivity contribution in [1.29, 1.82) is 0 Å². The summed E-state index contributed by atoms with van der Waals surface area (Å²) in [6.07, 6.45) is 5.45. The minimum atomic E-state index is 0.791. The van der Waals surface area contributed by atoms with E-state index in [4.69, 9.17) is 0 Å². The average Bonchev–Trinajstić information content (AvgIpc) is 3.18. The first-order chi connectivity index (χ1) is 7.84. The Labute approximate surface area is 97.6 Å². The van der Waals surface area contributed by atoms with Crippen molar-refractivity contribution in [3.05, 3.63) is 29.8 Å². The van der Waals surface area contributed by atoms with E-state index in [9.17, 15) is 0 Å². The fraction of sp³-hybridized carbons (Fsp3) is 0.571. The van der Waals surface area contributed by atoms with Gasteiger partial charge in [0.2, 0.25) is 0 Å². The lowest BCUT2D eigenvalue weighted by Gasteiger charge is -2.22. The Morgan fingerprint density at radius 3 is 2.62 bits per heavy atom. The van der Waals surface area contributed by atoms with E-state index in [1.54, 1.807) is 0 Å². The van der Waals surface area contributed by atoms with Crippen LogP contribution in [0.5, 0.6) is 0 Å². The maximum atomic E-state index is 3.60. The number of benzene rings is 1. The van der Waals surface area contributed by atoms with E-state index in [1.165, 1.54) is 36.9 Å². The Morgan fingerprint density at radius 1 is 1.19 bits per heavy atom. The van der Waals surface area contributed by atoms with Crippen LogP contribution in [0.4, 0.5) is 5.69 Å². The largest absolute Gasteiger partial charge is 0.371 e. The molecule has 0 spiro atoms. The van der Waals surface area contributed by atoms with Crippen molar-refractivity contribution in [2.24, 2.45) is 0 Å². The third-order valence-corrected chi connectivity index (χ3v) is 3.62. The van der Waals surface area contributed by atoms with Gasteiger partial charge in [-0.1, -0.05) is 18.2 Å². The lowest BCUT2D eigenvalue weighted by atomic mass is 10.1. The summed E-state index contributed by atoms with van der Waals surface area (Å²) in [6.45, 7) is 1.03. The van der Waals surface area contributed by atoms with Crippen LogP contribution in [0.3, 0.4) is 0 Å². The number of para-hydroxylation sites is 1. The van der Waals surface area contributed by atoms with Crippen molar-refractivity contribution in [3.63, 3.8) is 0 Å². The summed E-state index contributed by atoms with van der Waals surface area (Å²) in [5.74, 6) is 0. The first-order valence-corrected chi connectivity index (χ1v) is 6.39. The van der Waals surface area contributed by atoms with Gasteiger partial charge in [0.25, 0.3) is 0 Å². The molecule has 0 aromatic heterocycles. The van der Waals surface area contributed by atoms with Gasteiger partial charge < -0.3 is 10.2 Å². The number of hydrogen-bond donors (Lipinski definition) is 1. The normalized spacial score (nSPS) is 19.8. The van der Waals surface area contributed by atoms with Crippen molar-refractivity contribution < 1.29 is 0 Å². The molecule has 1 aromatic carbocycles. The second kappa shape index (κ2) is 4.10. The maximum absolute atomic E-state index is 3.60. The van der Waals surface area contributed by atoms with Gasteiger partial charge in [0.15, 0.2) is 0 Å². The van der Waals surface area contributed by atoms with Crippen molar-refractivity contribution in [2.75, 3.05) is 11.9 Å². The molecule has 2 fully saturated rings. The minimum absolute atomic E-state index is 0.791. The molecular formula is C14H20N2. The molecule has 86 valence electrons. The first kappa shape index (κ1) is 10.2. The SMILES string of the molecule is CN(c1ccccc1CNC1CC1)C1CC1.